The zero-order valence-electron chi connectivity index (χ0n) is 15.0. The minimum atomic E-state index is -3.73. The number of rotatable bonds is 7. The van der Waals surface area contributed by atoms with Gasteiger partial charge in [0.15, 0.2) is 0 Å². The minimum Gasteiger partial charge on any atom is -0.478 e. The van der Waals surface area contributed by atoms with Crippen LogP contribution in [0.5, 0.6) is 0 Å². The molecule has 0 aliphatic carbocycles. The van der Waals surface area contributed by atoms with Crippen LogP contribution in [0.4, 0.5) is 5.82 Å². The molecule has 0 saturated carbocycles. The number of piperazine rings is 1. The van der Waals surface area contributed by atoms with Crippen molar-refractivity contribution in [3.8, 4) is 0 Å². The van der Waals surface area contributed by atoms with E-state index in [1.807, 2.05) is 13.8 Å². The monoisotopic (exact) mass is 379 g/mol. The SMILES string of the molecule is CCCNc1ncc(S(=O)(=O)N2CCN(CC)CC2)cc1C(=O)O.[Na]. The van der Waals surface area contributed by atoms with Crippen LogP contribution in [0.3, 0.4) is 0 Å². The zero-order chi connectivity index (χ0) is 17.7. The van der Waals surface area contributed by atoms with Crippen molar-refractivity contribution in [3.05, 3.63) is 17.8 Å². The van der Waals surface area contributed by atoms with E-state index >= 15 is 0 Å². The third-order valence-corrected chi connectivity index (χ3v) is 5.92. The van der Waals surface area contributed by atoms with Gasteiger partial charge in [-0.3, -0.25) is 0 Å². The molecule has 1 saturated heterocycles. The van der Waals surface area contributed by atoms with E-state index in [-0.39, 0.29) is 45.8 Å². The number of aromatic carboxylic acids is 1. The average molecular weight is 379 g/mol. The van der Waals surface area contributed by atoms with Crippen LogP contribution in [0, 0.1) is 0 Å². The number of nitrogens with one attached hydrogen (secondary N) is 1. The molecule has 10 heteroatoms. The van der Waals surface area contributed by atoms with Gasteiger partial charge in [-0.1, -0.05) is 13.8 Å². The molecule has 0 unspecified atom stereocenters. The molecular formula is C15H24N4NaO4S. The molecule has 2 heterocycles. The number of anilines is 1. The number of carboxylic acids is 1. The molecular weight excluding hydrogens is 355 g/mol. The maximum atomic E-state index is 12.7. The van der Waals surface area contributed by atoms with Gasteiger partial charge in [-0.15, -0.1) is 0 Å². The quantitative estimate of drug-likeness (QED) is 0.667. The first kappa shape index (κ1) is 22.3. The molecule has 0 aromatic carbocycles. The van der Waals surface area contributed by atoms with Crippen LogP contribution in [-0.4, -0.2) is 103 Å². The molecule has 1 aromatic heterocycles. The number of carbonyl (C=O) groups is 1. The smallest absolute Gasteiger partial charge is 0.339 e. The molecule has 2 N–H and O–H groups in total. The van der Waals surface area contributed by atoms with E-state index in [1.165, 1.54) is 16.6 Å². The van der Waals surface area contributed by atoms with Crippen LogP contribution >= 0.6 is 0 Å². The van der Waals surface area contributed by atoms with E-state index in [0.717, 1.165) is 13.0 Å². The van der Waals surface area contributed by atoms with E-state index in [9.17, 15) is 18.3 Å². The van der Waals surface area contributed by atoms with Crippen molar-refractivity contribution in [1.29, 1.82) is 0 Å². The molecule has 0 spiro atoms. The number of hydrogen-bond donors (Lipinski definition) is 2. The number of likely N-dealkylation sites (N-methyl/N-ethyl adjacent to an activating group) is 1. The number of aromatic nitrogens is 1. The van der Waals surface area contributed by atoms with Gasteiger partial charge in [-0.25, -0.2) is 18.2 Å². The van der Waals surface area contributed by atoms with E-state index in [2.05, 4.69) is 15.2 Å². The Kier molecular flexibility index (Phi) is 8.79. The molecule has 0 atom stereocenters. The summed E-state index contributed by atoms with van der Waals surface area (Å²) in [5.41, 5.74) is -0.128. The van der Waals surface area contributed by atoms with Crippen molar-refractivity contribution in [2.24, 2.45) is 0 Å². The molecule has 1 aliphatic rings. The Balaban J connectivity index is 0.00000312. The number of pyridine rings is 1. The van der Waals surface area contributed by atoms with Crippen molar-refractivity contribution in [2.75, 3.05) is 44.6 Å². The molecule has 1 aliphatic heterocycles. The van der Waals surface area contributed by atoms with E-state index in [0.29, 0.717) is 32.7 Å². The molecule has 0 bridgehead atoms. The fraction of sp³-hybridized carbons (Fsp3) is 0.600. The van der Waals surface area contributed by atoms with Crippen LogP contribution in [0.2, 0.25) is 0 Å². The second kappa shape index (κ2) is 9.84. The van der Waals surface area contributed by atoms with Gasteiger partial charge < -0.3 is 15.3 Å². The summed E-state index contributed by atoms with van der Waals surface area (Å²) < 4.78 is 26.9. The Bertz CT molecular complexity index is 691. The largest absolute Gasteiger partial charge is 0.478 e. The summed E-state index contributed by atoms with van der Waals surface area (Å²) in [7, 11) is -3.73. The summed E-state index contributed by atoms with van der Waals surface area (Å²) in [6.07, 6.45) is 2.04. The van der Waals surface area contributed by atoms with Crippen LogP contribution in [0.15, 0.2) is 17.2 Å². The molecule has 25 heavy (non-hydrogen) atoms. The van der Waals surface area contributed by atoms with Crippen molar-refractivity contribution < 1.29 is 18.3 Å². The van der Waals surface area contributed by atoms with E-state index in [4.69, 9.17) is 0 Å². The molecule has 1 radical (unpaired) electrons. The number of sulfonamides is 1. The van der Waals surface area contributed by atoms with Gasteiger partial charge in [0.25, 0.3) is 0 Å². The Hall–Kier alpha value is -0.710. The van der Waals surface area contributed by atoms with Gasteiger partial charge in [-0.05, 0) is 19.0 Å². The maximum Gasteiger partial charge on any atom is 0.339 e. The second-order valence-corrected chi connectivity index (χ2v) is 7.58. The first-order chi connectivity index (χ1) is 11.4. The fourth-order valence-electron chi connectivity index (χ4n) is 2.57. The standard InChI is InChI=1S/C15H24N4O4S.Na/c1-3-5-16-14-13(15(20)21)10-12(11-17-14)24(22,23)19-8-6-18(4-2)7-9-19;/h10-11H,3-9H2,1-2H3,(H,16,17)(H,20,21);. The van der Waals surface area contributed by atoms with Crippen molar-refractivity contribution in [1.82, 2.24) is 14.2 Å². The molecule has 1 aromatic rings. The van der Waals surface area contributed by atoms with Crippen LogP contribution in [0.25, 0.3) is 0 Å². The van der Waals surface area contributed by atoms with Gasteiger partial charge in [0.1, 0.15) is 16.3 Å². The van der Waals surface area contributed by atoms with Crippen LogP contribution < -0.4 is 5.32 Å². The molecule has 1 fully saturated rings. The molecule has 8 nitrogen and oxygen atoms in total. The summed E-state index contributed by atoms with van der Waals surface area (Å²) in [5.74, 6) is -1.01. The third-order valence-electron chi connectivity index (χ3n) is 4.05. The van der Waals surface area contributed by atoms with Gasteiger partial charge >= 0.3 is 5.97 Å². The fourth-order valence-corrected chi connectivity index (χ4v) is 3.96. The van der Waals surface area contributed by atoms with E-state index in [1.54, 1.807) is 0 Å². The van der Waals surface area contributed by atoms with Crippen LogP contribution in [-0.2, 0) is 10.0 Å². The van der Waals surface area contributed by atoms with Crippen molar-refractivity contribution in [3.63, 3.8) is 0 Å². The number of carboxylic acid groups (broad SMARTS) is 1. The topological polar surface area (TPSA) is 103 Å². The Morgan fingerprint density at radius 1 is 1.28 bits per heavy atom. The summed E-state index contributed by atoms with van der Waals surface area (Å²) in [4.78, 5) is 17.5. The van der Waals surface area contributed by atoms with Crippen molar-refractivity contribution in [2.45, 2.75) is 25.2 Å². The van der Waals surface area contributed by atoms with Crippen molar-refractivity contribution >= 4 is 51.4 Å². The predicted octanol–water partition coefficient (Wildman–Crippen LogP) is 0.547. The average Bonchev–Trinajstić information content (AvgIpc) is 2.59. The Labute approximate surface area is 170 Å². The molecule has 135 valence electrons. The predicted molar refractivity (Wildman–Crippen MR) is 96.6 cm³/mol. The van der Waals surface area contributed by atoms with Crippen LogP contribution in [0.1, 0.15) is 30.6 Å². The van der Waals surface area contributed by atoms with Gasteiger partial charge in [0.05, 0.1) is 0 Å². The third kappa shape index (κ3) is 5.38. The van der Waals surface area contributed by atoms with Gasteiger partial charge in [0, 0.05) is 68.5 Å². The number of nitrogens with zero attached hydrogens (tertiary/aromatic N) is 3. The summed E-state index contributed by atoms with van der Waals surface area (Å²) in [5, 5.41) is 12.2. The summed E-state index contributed by atoms with van der Waals surface area (Å²) >= 11 is 0. The van der Waals surface area contributed by atoms with E-state index < -0.39 is 16.0 Å². The Morgan fingerprint density at radius 3 is 2.44 bits per heavy atom. The second-order valence-electron chi connectivity index (χ2n) is 5.64. The van der Waals surface area contributed by atoms with Gasteiger partial charge in [0.2, 0.25) is 10.0 Å². The first-order valence-electron chi connectivity index (χ1n) is 8.09. The van der Waals surface area contributed by atoms with Gasteiger partial charge in [-0.2, -0.15) is 4.31 Å². The zero-order valence-corrected chi connectivity index (χ0v) is 17.8. The molecule has 0 amide bonds. The Morgan fingerprint density at radius 2 is 1.92 bits per heavy atom. The first-order valence-corrected chi connectivity index (χ1v) is 9.53. The molecule has 2 rings (SSSR count). The number of hydrogen-bond acceptors (Lipinski definition) is 6. The minimum absolute atomic E-state index is 0. The normalized spacial score (nSPS) is 16.2. The summed E-state index contributed by atoms with van der Waals surface area (Å²) in [6.45, 7) is 7.57. The maximum absolute atomic E-state index is 12.7. The summed E-state index contributed by atoms with van der Waals surface area (Å²) in [6, 6.07) is 1.19.